The maximum Gasteiger partial charge on any atom is 0.350 e. The molecule has 2 fully saturated rings. The topological polar surface area (TPSA) is 277 Å². The van der Waals surface area contributed by atoms with Crippen molar-refractivity contribution in [1.29, 1.82) is 0 Å². The number of fused-ring (bicyclic) bond motifs is 1. The summed E-state index contributed by atoms with van der Waals surface area (Å²) in [6.07, 6.45) is 1.70. The number of aromatic nitrogens is 1. The highest BCUT2D eigenvalue weighted by Crippen LogP contribution is 2.41. The Balaban J connectivity index is 1.29. The molecule has 50 heavy (non-hydrogen) atoms. The number of phenols is 3. The highest BCUT2D eigenvalue weighted by atomic mass is 32.2. The van der Waals surface area contributed by atoms with Gasteiger partial charge < -0.3 is 56.0 Å². The summed E-state index contributed by atoms with van der Waals surface area (Å²) in [5.41, 5.74) is 3.41. The van der Waals surface area contributed by atoms with E-state index in [0.717, 1.165) is 35.1 Å². The van der Waals surface area contributed by atoms with Crippen molar-refractivity contribution in [2.75, 3.05) is 44.2 Å². The standard InChI is InChI=1S/C30H35N7O11S2/c1-30(2,28(46)47)48-35-18(16-13-50-29(31)33-16)24(42)34-19-25(43)36-20(27(44)45)14(12-49-26(19)36)11-37(8-3-4-9-37)10-7-32-23(41)15-5-6-17(38)22(40)21(15)39/h5-6,13,19,26H,3-4,7-12H2,1-2H3,(H8-,31,32,33,34,35,38,39,40,41,42,44,45,46,47)/t19-,26-/m1/s1. The lowest BCUT2D eigenvalue weighted by atomic mass is 10.0. The first-order chi connectivity index (χ1) is 23.5. The van der Waals surface area contributed by atoms with Gasteiger partial charge in [-0.25, -0.2) is 9.78 Å². The third kappa shape index (κ3) is 7.12. The van der Waals surface area contributed by atoms with Gasteiger partial charge in [0.15, 0.2) is 22.3 Å². The van der Waals surface area contributed by atoms with E-state index in [1.54, 1.807) is 0 Å². The summed E-state index contributed by atoms with van der Waals surface area (Å²) in [7, 11) is 0. The number of hydrogen-bond acceptors (Lipinski definition) is 15. The molecule has 268 valence electrons. The van der Waals surface area contributed by atoms with Crippen molar-refractivity contribution in [3.8, 4) is 17.2 Å². The number of aliphatic carboxylic acids is 2. The zero-order chi connectivity index (χ0) is 36.5. The molecule has 3 aliphatic rings. The number of anilines is 1. The number of quaternary nitrogens is 1. The maximum absolute atomic E-state index is 13.4. The number of hydrogen-bond donors (Lipinski definition) is 7. The zero-order valence-electron chi connectivity index (χ0n) is 26.9. The minimum atomic E-state index is -1.81. The second kappa shape index (κ2) is 14.0. The largest absolute Gasteiger partial charge is 0.543 e. The van der Waals surface area contributed by atoms with E-state index in [0.29, 0.717) is 29.7 Å². The molecule has 1 aromatic heterocycles. The number of β-lactam (4-membered cyclic amide) rings is 1. The summed E-state index contributed by atoms with van der Waals surface area (Å²) in [5.74, 6) is -7.14. The minimum Gasteiger partial charge on any atom is -0.543 e. The van der Waals surface area contributed by atoms with Crippen molar-refractivity contribution in [2.45, 2.75) is 43.7 Å². The number of rotatable bonds is 13. The van der Waals surface area contributed by atoms with Crippen LogP contribution in [0.2, 0.25) is 0 Å². The molecule has 0 radical (unpaired) electrons. The van der Waals surface area contributed by atoms with Crippen LogP contribution < -0.4 is 21.5 Å². The Morgan fingerprint density at radius 2 is 1.88 bits per heavy atom. The molecule has 20 heteroatoms. The number of thioether (sulfide) groups is 1. The highest BCUT2D eigenvalue weighted by Gasteiger charge is 2.54. The van der Waals surface area contributed by atoms with Gasteiger partial charge in [0.05, 0.1) is 43.4 Å². The van der Waals surface area contributed by atoms with E-state index >= 15 is 0 Å². The number of amides is 3. The van der Waals surface area contributed by atoms with Gasteiger partial charge in [-0.3, -0.25) is 19.3 Å². The quantitative estimate of drug-likeness (QED) is 0.0422. The Morgan fingerprint density at radius 3 is 2.50 bits per heavy atom. The van der Waals surface area contributed by atoms with E-state index in [1.165, 1.54) is 37.1 Å². The number of nitrogen functional groups attached to an aromatic ring is 1. The van der Waals surface area contributed by atoms with Crippen LogP contribution in [0.3, 0.4) is 0 Å². The molecule has 2 atom stereocenters. The number of nitrogens with zero attached hydrogens (tertiary/aromatic N) is 4. The number of nitrogens with one attached hydrogen (secondary N) is 2. The average Bonchev–Trinajstić information content (AvgIpc) is 3.71. The molecule has 3 amide bonds. The Kier molecular flexibility index (Phi) is 10.2. The summed E-state index contributed by atoms with van der Waals surface area (Å²) in [5, 5.41) is 60.9. The molecule has 2 aromatic rings. The molecular formula is C30H35N7O11S2. The number of nitrogens with two attached hydrogens (primary N) is 1. The van der Waals surface area contributed by atoms with Crippen LogP contribution in [0.5, 0.6) is 17.2 Å². The first-order valence-corrected chi connectivity index (χ1v) is 17.2. The van der Waals surface area contributed by atoms with Gasteiger partial charge in [-0.05, 0) is 26.0 Å². The number of carboxylic acid groups (broad SMARTS) is 2. The molecule has 0 bridgehead atoms. The van der Waals surface area contributed by atoms with Crippen molar-refractivity contribution in [3.05, 3.63) is 40.0 Å². The van der Waals surface area contributed by atoms with Crippen molar-refractivity contribution in [2.24, 2.45) is 5.16 Å². The number of phenolic OH excluding ortho intramolecular Hbond substituents is 3. The van der Waals surface area contributed by atoms with E-state index < -0.39 is 69.6 Å². The van der Waals surface area contributed by atoms with Gasteiger partial charge in [-0.15, -0.1) is 23.1 Å². The Morgan fingerprint density at radius 1 is 1.18 bits per heavy atom. The van der Waals surface area contributed by atoms with Crippen molar-refractivity contribution >= 4 is 63.6 Å². The minimum absolute atomic E-state index is 0.0162. The molecule has 0 unspecified atom stereocenters. The van der Waals surface area contributed by atoms with Gasteiger partial charge in [0, 0.05) is 29.5 Å². The summed E-state index contributed by atoms with van der Waals surface area (Å²) in [6.45, 7) is 4.59. The highest BCUT2D eigenvalue weighted by molar-refractivity contribution is 8.00. The van der Waals surface area contributed by atoms with Gasteiger partial charge in [-0.2, -0.15) is 0 Å². The monoisotopic (exact) mass is 733 g/mol. The van der Waals surface area contributed by atoms with Crippen LogP contribution in [-0.4, -0.2) is 126 Å². The Labute approximate surface area is 292 Å². The van der Waals surface area contributed by atoms with Gasteiger partial charge >= 0.3 is 5.97 Å². The second-order valence-corrected chi connectivity index (χ2v) is 14.5. The Hall–Kier alpha value is -5.08. The molecule has 0 saturated carbocycles. The Bertz CT molecular complexity index is 1800. The van der Waals surface area contributed by atoms with Gasteiger partial charge in [0.2, 0.25) is 11.4 Å². The molecule has 1 aromatic carbocycles. The zero-order valence-corrected chi connectivity index (χ0v) is 28.5. The van der Waals surface area contributed by atoms with Crippen LogP contribution in [0.1, 0.15) is 42.7 Å². The number of likely N-dealkylation sites (tertiary alicyclic amines) is 1. The molecule has 3 aliphatic heterocycles. The number of oxime groups is 1. The molecular weight excluding hydrogens is 699 g/mol. The van der Waals surface area contributed by atoms with Crippen molar-refractivity contribution < 1.29 is 58.8 Å². The number of carbonyl (C=O) groups excluding carboxylic acids is 4. The van der Waals surface area contributed by atoms with Gasteiger partial charge in [0.25, 0.3) is 17.7 Å². The van der Waals surface area contributed by atoms with Gasteiger partial charge in [-0.1, -0.05) is 5.16 Å². The third-order valence-electron chi connectivity index (χ3n) is 8.67. The number of carboxylic acids is 2. The molecule has 0 aliphatic carbocycles. The van der Waals surface area contributed by atoms with Crippen LogP contribution in [-0.2, 0) is 24.0 Å². The predicted molar refractivity (Wildman–Crippen MR) is 176 cm³/mol. The molecule has 8 N–H and O–H groups in total. The summed E-state index contributed by atoms with van der Waals surface area (Å²) in [6, 6.07) is 1.09. The summed E-state index contributed by atoms with van der Waals surface area (Å²) in [4.78, 5) is 73.7. The predicted octanol–water partition coefficient (Wildman–Crippen LogP) is -1.13. The van der Waals surface area contributed by atoms with Crippen LogP contribution in [0, 0.1) is 0 Å². The molecule has 4 heterocycles. The maximum atomic E-state index is 13.4. The fourth-order valence-corrected chi connectivity index (χ4v) is 7.81. The molecule has 2 saturated heterocycles. The fourth-order valence-electron chi connectivity index (χ4n) is 5.93. The third-order valence-corrected chi connectivity index (χ3v) is 10.7. The van der Waals surface area contributed by atoms with Gasteiger partial charge in [0.1, 0.15) is 23.7 Å². The van der Waals surface area contributed by atoms with Crippen LogP contribution in [0.15, 0.2) is 33.9 Å². The smallest absolute Gasteiger partial charge is 0.350 e. The lowest BCUT2D eigenvalue weighted by Gasteiger charge is -2.51. The number of carbonyl (C=O) groups is 5. The summed E-state index contributed by atoms with van der Waals surface area (Å²) >= 11 is 2.25. The number of aromatic hydroxyl groups is 3. The molecule has 5 rings (SSSR count). The number of thiazole rings is 1. The lowest BCUT2D eigenvalue weighted by Crippen LogP contribution is -2.72. The number of benzene rings is 1. The fraction of sp³-hybridized carbons (Fsp3) is 0.433. The van der Waals surface area contributed by atoms with E-state index in [1.807, 2.05) is 0 Å². The van der Waals surface area contributed by atoms with Crippen LogP contribution >= 0.6 is 23.1 Å². The van der Waals surface area contributed by atoms with E-state index in [4.69, 9.17) is 10.6 Å². The van der Waals surface area contributed by atoms with Crippen molar-refractivity contribution in [1.82, 2.24) is 20.5 Å². The summed E-state index contributed by atoms with van der Waals surface area (Å²) < 4.78 is 0.413. The first-order valence-electron chi connectivity index (χ1n) is 15.3. The molecule has 18 nitrogen and oxygen atoms in total. The van der Waals surface area contributed by atoms with Crippen molar-refractivity contribution in [3.63, 3.8) is 0 Å². The SMILES string of the molecule is CC(C)(O/N=C(\C(=O)N[C@@H]1C(=O)N2C(C(=O)[O-])=C(C[N+]3(CCNC(=O)c4ccc(O)c(O)c4O)CCCC3)CS[C@H]12)c1csc(N)n1)C(=O)O. The van der Waals surface area contributed by atoms with E-state index in [-0.39, 0.29) is 40.9 Å². The van der Waals surface area contributed by atoms with E-state index in [2.05, 4.69) is 20.8 Å². The van der Waals surface area contributed by atoms with Crippen LogP contribution in [0.4, 0.5) is 5.13 Å². The lowest BCUT2D eigenvalue weighted by molar-refractivity contribution is -0.911. The molecule has 0 spiro atoms. The van der Waals surface area contributed by atoms with Crippen LogP contribution in [0.25, 0.3) is 0 Å². The average molecular weight is 734 g/mol. The van der Waals surface area contributed by atoms with E-state index in [9.17, 15) is 49.5 Å². The first kappa shape index (κ1) is 36.2. The normalized spacial score (nSPS) is 20.2. The second-order valence-electron chi connectivity index (χ2n) is 12.5.